The van der Waals surface area contributed by atoms with Crippen molar-refractivity contribution in [3.8, 4) is 5.88 Å². The summed E-state index contributed by atoms with van der Waals surface area (Å²) in [5, 5.41) is 14.4. The monoisotopic (exact) mass is 255 g/mol. The van der Waals surface area contributed by atoms with Crippen molar-refractivity contribution in [3.05, 3.63) is 17.3 Å². The van der Waals surface area contributed by atoms with Crippen LogP contribution in [0.25, 0.3) is 4.96 Å². The highest BCUT2D eigenvalue weighted by molar-refractivity contribution is 7.15. The molecule has 2 N–H and O–H groups in total. The van der Waals surface area contributed by atoms with Crippen molar-refractivity contribution in [2.45, 2.75) is 26.0 Å². The van der Waals surface area contributed by atoms with Gasteiger partial charge >= 0.3 is 0 Å². The Labute approximate surface area is 104 Å². The number of rotatable bonds is 6. The van der Waals surface area contributed by atoms with E-state index in [0.29, 0.717) is 12.4 Å². The highest BCUT2D eigenvalue weighted by Crippen LogP contribution is 2.22. The second-order valence-electron chi connectivity index (χ2n) is 3.94. The summed E-state index contributed by atoms with van der Waals surface area (Å²) in [5.74, 6) is 0.668. The molecule has 0 saturated heterocycles. The van der Waals surface area contributed by atoms with Gasteiger partial charge in [-0.25, -0.2) is 0 Å². The van der Waals surface area contributed by atoms with E-state index in [4.69, 9.17) is 9.84 Å². The average Bonchev–Trinajstić information content (AvgIpc) is 2.84. The molecular formula is C11H17N3O2S. The molecule has 6 heteroatoms. The summed E-state index contributed by atoms with van der Waals surface area (Å²) in [6, 6.07) is 0. The Morgan fingerprint density at radius 3 is 3.18 bits per heavy atom. The Morgan fingerprint density at radius 2 is 2.47 bits per heavy atom. The summed E-state index contributed by atoms with van der Waals surface area (Å²) >= 11 is 1.59. The molecule has 0 spiro atoms. The fourth-order valence-electron chi connectivity index (χ4n) is 1.65. The summed E-state index contributed by atoms with van der Waals surface area (Å²) in [4.78, 5) is 5.31. The SMILES string of the molecule is COc1nc2sccn2c1CNCCC(C)O. The fraction of sp³-hybridized carbons (Fsp3) is 0.545. The van der Waals surface area contributed by atoms with E-state index in [0.717, 1.165) is 23.6 Å². The number of imidazole rings is 1. The predicted molar refractivity (Wildman–Crippen MR) is 67.6 cm³/mol. The minimum Gasteiger partial charge on any atom is -0.480 e. The molecule has 0 aliphatic carbocycles. The van der Waals surface area contributed by atoms with Crippen LogP contribution in [0.2, 0.25) is 0 Å². The Bertz CT molecular complexity index is 478. The first-order valence-electron chi connectivity index (χ1n) is 5.59. The third-order valence-corrected chi connectivity index (χ3v) is 3.31. The van der Waals surface area contributed by atoms with E-state index < -0.39 is 0 Å². The molecule has 17 heavy (non-hydrogen) atoms. The van der Waals surface area contributed by atoms with Crippen LogP contribution in [0.15, 0.2) is 11.6 Å². The third-order valence-electron chi connectivity index (χ3n) is 2.55. The molecule has 2 rings (SSSR count). The first-order chi connectivity index (χ1) is 8.22. The summed E-state index contributed by atoms with van der Waals surface area (Å²) in [5.41, 5.74) is 1.02. The van der Waals surface area contributed by atoms with Gasteiger partial charge in [0.1, 0.15) is 5.69 Å². The van der Waals surface area contributed by atoms with Gasteiger partial charge in [-0.1, -0.05) is 0 Å². The van der Waals surface area contributed by atoms with Crippen molar-refractivity contribution in [1.82, 2.24) is 14.7 Å². The van der Waals surface area contributed by atoms with Crippen molar-refractivity contribution in [1.29, 1.82) is 0 Å². The predicted octanol–water partition coefficient (Wildman–Crippen LogP) is 1.26. The number of nitrogens with one attached hydrogen (secondary N) is 1. The lowest BCUT2D eigenvalue weighted by Gasteiger charge is -2.07. The molecule has 0 radical (unpaired) electrons. The number of nitrogens with zero attached hydrogens (tertiary/aromatic N) is 2. The molecule has 1 unspecified atom stereocenters. The van der Waals surface area contributed by atoms with Crippen LogP contribution in [0.5, 0.6) is 5.88 Å². The standard InChI is InChI=1S/C11H17N3O2S/c1-8(15)3-4-12-7-9-10(16-2)13-11-14(9)5-6-17-11/h5-6,8,12,15H,3-4,7H2,1-2H3. The van der Waals surface area contributed by atoms with E-state index in [1.807, 2.05) is 16.0 Å². The van der Waals surface area contributed by atoms with Crippen LogP contribution in [-0.4, -0.2) is 34.2 Å². The van der Waals surface area contributed by atoms with Crippen LogP contribution in [0, 0.1) is 0 Å². The quantitative estimate of drug-likeness (QED) is 0.763. The minimum atomic E-state index is -0.268. The maximum Gasteiger partial charge on any atom is 0.237 e. The van der Waals surface area contributed by atoms with Crippen molar-refractivity contribution < 1.29 is 9.84 Å². The molecule has 0 fully saturated rings. The number of thiazole rings is 1. The second-order valence-corrected chi connectivity index (χ2v) is 4.81. The van der Waals surface area contributed by atoms with Gasteiger partial charge in [0.25, 0.3) is 0 Å². The maximum atomic E-state index is 9.17. The van der Waals surface area contributed by atoms with Crippen LogP contribution in [0.3, 0.4) is 0 Å². The van der Waals surface area contributed by atoms with Crippen LogP contribution in [0.4, 0.5) is 0 Å². The average molecular weight is 255 g/mol. The van der Waals surface area contributed by atoms with Crippen molar-refractivity contribution >= 4 is 16.3 Å². The zero-order chi connectivity index (χ0) is 12.3. The Morgan fingerprint density at radius 1 is 1.65 bits per heavy atom. The number of aliphatic hydroxyl groups is 1. The molecule has 5 nitrogen and oxygen atoms in total. The molecule has 0 bridgehead atoms. The van der Waals surface area contributed by atoms with E-state index in [2.05, 4.69) is 10.3 Å². The maximum absolute atomic E-state index is 9.17. The molecule has 0 aliphatic rings. The number of ether oxygens (including phenoxy) is 1. The summed E-state index contributed by atoms with van der Waals surface area (Å²) in [7, 11) is 1.63. The number of aliphatic hydroxyl groups excluding tert-OH is 1. The Balaban J connectivity index is 2.03. The lowest BCUT2D eigenvalue weighted by Crippen LogP contribution is -2.19. The van der Waals surface area contributed by atoms with E-state index >= 15 is 0 Å². The van der Waals surface area contributed by atoms with Crippen molar-refractivity contribution in [2.24, 2.45) is 0 Å². The largest absolute Gasteiger partial charge is 0.480 e. The van der Waals surface area contributed by atoms with Gasteiger partial charge in [-0.05, 0) is 19.9 Å². The summed E-state index contributed by atoms with van der Waals surface area (Å²) < 4.78 is 7.28. The molecule has 94 valence electrons. The van der Waals surface area contributed by atoms with Crippen LogP contribution in [-0.2, 0) is 6.54 Å². The first kappa shape index (κ1) is 12.3. The number of hydrogen-bond acceptors (Lipinski definition) is 5. The number of hydrogen-bond donors (Lipinski definition) is 2. The van der Waals surface area contributed by atoms with Gasteiger partial charge in [0, 0.05) is 18.1 Å². The zero-order valence-corrected chi connectivity index (χ0v) is 10.8. The van der Waals surface area contributed by atoms with E-state index in [-0.39, 0.29) is 6.10 Å². The smallest absolute Gasteiger partial charge is 0.237 e. The first-order valence-corrected chi connectivity index (χ1v) is 6.47. The molecule has 0 aromatic carbocycles. The molecule has 2 aromatic rings. The second kappa shape index (κ2) is 5.48. The molecule has 0 aliphatic heterocycles. The normalized spacial score (nSPS) is 13.1. The van der Waals surface area contributed by atoms with Gasteiger partial charge in [0.2, 0.25) is 5.88 Å². The Hall–Kier alpha value is -1.11. The molecule has 2 heterocycles. The molecule has 0 saturated carbocycles. The molecular weight excluding hydrogens is 238 g/mol. The van der Waals surface area contributed by atoms with E-state index in [9.17, 15) is 0 Å². The summed E-state index contributed by atoms with van der Waals surface area (Å²) in [6.45, 7) is 3.25. The van der Waals surface area contributed by atoms with Gasteiger partial charge in [-0.3, -0.25) is 4.40 Å². The van der Waals surface area contributed by atoms with E-state index in [1.54, 1.807) is 25.4 Å². The van der Waals surface area contributed by atoms with Crippen molar-refractivity contribution in [3.63, 3.8) is 0 Å². The van der Waals surface area contributed by atoms with Gasteiger partial charge < -0.3 is 15.2 Å². The number of methoxy groups -OCH3 is 1. The molecule has 0 amide bonds. The zero-order valence-electron chi connectivity index (χ0n) is 10.0. The van der Waals surface area contributed by atoms with Crippen LogP contribution in [0.1, 0.15) is 19.0 Å². The lowest BCUT2D eigenvalue weighted by atomic mass is 10.3. The molecule has 1 atom stereocenters. The topological polar surface area (TPSA) is 58.8 Å². The lowest BCUT2D eigenvalue weighted by molar-refractivity contribution is 0.183. The fourth-order valence-corrected chi connectivity index (χ4v) is 2.38. The Kier molecular flexibility index (Phi) is 3.98. The van der Waals surface area contributed by atoms with Crippen molar-refractivity contribution in [2.75, 3.05) is 13.7 Å². The highest BCUT2D eigenvalue weighted by atomic mass is 32.1. The highest BCUT2D eigenvalue weighted by Gasteiger charge is 2.12. The molecule has 2 aromatic heterocycles. The minimum absolute atomic E-state index is 0.268. The summed E-state index contributed by atoms with van der Waals surface area (Å²) in [6.07, 6.45) is 2.46. The van der Waals surface area contributed by atoms with Gasteiger partial charge in [-0.15, -0.1) is 11.3 Å². The number of fused-ring (bicyclic) bond motifs is 1. The van der Waals surface area contributed by atoms with Gasteiger partial charge in [0.05, 0.1) is 13.2 Å². The third kappa shape index (κ3) is 2.77. The number of aromatic nitrogens is 2. The van der Waals surface area contributed by atoms with Crippen LogP contribution >= 0.6 is 11.3 Å². The van der Waals surface area contributed by atoms with Gasteiger partial charge in [0.15, 0.2) is 4.96 Å². The van der Waals surface area contributed by atoms with Gasteiger partial charge in [-0.2, -0.15) is 4.98 Å². The van der Waals surface area contributed by atoms with E-state index in [1.165, 1.54) is 0 Å². The van der Waals surface area contributed by atoms with Crippen LogP contribution < -0.4 is 10.1 Å².